The first-order valence-electron chi connectivity index (χ1n) is 5.88. The molecule has 0 spiro atoms. The summed E-state index contributed by atoms with van der Waals surface area (Å²) in [6, 6.07) is 4.78. The zero-order valence-corrected chi connectivity index (χ0v) is 11.2. The van der Waals surface area contributed by atoms with Crippen molar-refractivity contribution in [1.29, 1.82) is 0 Å². The lowest BCUT2D eigenvalue weighted by Gasteiger charge is -2.20. The summed E-state index contributed by atoms with van der Waals surface area (Å²) in [5.74, 6) is -0.0838. The molecule has 0 aromatic heterocycles. The highest BCUT2D eigenvalue weighted by Crippen LogP contribution is 2.18. The molecule has 0 unspecified atom stereocenters. The molecule has 0 radical (unpaired) electrons. The Labute approximate surface area is 109 Å². The second-order valence-corrected chi connectivity index (χ2v) is 5.32. The Morgan fingerprint density at radius 2 is 2.06 bits per heavy atom. The highest BCUT2D eigenvalue weighted by molar-refractivity contribution is 9.10. The molecule has 0 aliphatic carbocycles. The molecule has 1 aromatic carbocycles. The molecule has 92 valence electrons. The maximum absolute atomic E-state index is 13.2. The van der Waals surface area contributed by atoms with E-state index in [-0.39, 0.29) is 11.7 Å². The van der Waals surface area contributed by atoms with Crippen molar-refractivity contribution in [3.05, 3.63) is 34.1 Å². The molecule has 1 aliphatic heterocycles. The Balaban J connectivity index is 2.10. The number of hydrogen-bond acceptors (Lipinski definition) is 1. The fraction of sp³-hybridized carbons (Fsp3) is 0.462. The van der Waals surface area contributed by atoms with Crippen LogP contribution in [0.3, 0.4) is 0 Å². The molecule has 1 fully saturated rings. The topological polar surface area (TPSA) is 20.3 Å². The number of amides is 1. The smallest absolute Gasteiger partial charge is 0.222 e. The minimum Gasteiger partial charge on any atom is -0.338 e. The van der Waals surface area contributed by atoms with Gasteiger partial charge in [0, 0.05) is 24.0 Å². The van der Waals surface area contributed by atoms with Crippen molar-refractivity contribution in [3.63, 3.8) is 0 Å². The fourth-order valence-corrected chi connectivity index (χ4v) is 2.64. The second kappa shape index (κ2) is 5.63. The molecule has 1 saturated heterocycles. The van der Waals surface area contributed by atoms with Crippen LogP contribution in [-0.2, 0) is 11.3 Å². The first kappa shape index (κ1) is 12.6. The molecule has 0 N–H and O–H groups in total. The maximum atomic E-state index is 13.2. The lowest BCUT2D eigenvalue weighted by atomic mass is 10.2. The van der Waals surface area contributed by atoms with Crippen molar-refractivity contribution < 1.29 is 9.18 Å². The van der Waals surface area contributed by atoms with Crippen LogP contribution in [0.15, 0.2) is 22.7 Å². The Morgan fingerprint density at radius 3 is 2.82 bits per heavy atom. The molecular formula is C13H15BrFNO. The Bertz CT molecular complexity index is 402. The third-order valence-corrected chi connectivity index (χ3v) is 3.42. The predicted octanol–water partition coefficient (Wildman–Crippen LogP) is 3.49. The zero-order chi connectivity index (χ0) is 12.3. The number of nitrogens with zero attached hydrogens (tertiary/aromatic N) is 1. The van der Waals surface area contributed by atoms with Gasteiger partial charge in [0.25, 0.3) is 0 Å². The van der Waals surface area contributed by atoms with Gasteiger partial charge in [-0.05, 0) is 36.6 Å². The van der Waals surface area contributed by atoms with E-state index in [1.165, 1.54) is 12.1 Å². The summed E-state index contributed by atoms with van der Waals surface area (Å²) in [6.45, 7) is 1.29. The van der Waals surface area contributed by atoms with Gasteiger partial charge in [-0.2, -0.15) is 0 Å². The standard InChI is InChI=1S/C13H15BrFNO/c14-11-6-10(7-12(15)8-11)9-16-5-3-1-2-4-13(16)17/h6-8H,1-5,9H2. The minimum atomic E-state index is -0.267. The van der Waals surface area contributed by atoms with Gasteiger partial charge in [0.15, 0.2) is 0 Å². The highest BCUT2D eigenvalue weighted by atomic mass is 79.9. The number of benzene rings is 1. The molecule has 0 bridgehead atoms. The maximum Gasteiger partial charge on any atom is 0.222 e. The van der Waals surface area contributed by atoms with E-state index in [0.29, 0.717) is 13.0 Å². The van der Waals surface area contributed by atoms with Gasteiger partial charge in [-0.25, -0.2) is 4.39 Å². The Hall–Kier alpha value is -0.900. The summed E-state index contributed by atoms with van der Waals surface area (Å²) in [6.07, 6.45) is 3.75. The van der Waals surface area contributed by atoms with Gasteiger partial charge < -0.3 is 4.90 Å². The van der Waals surface area contributed by atoms with Crippen LogP contribution < -0.4 is 0 Å². The quantitative estimate of drug-likeness (QED) is 0.818. The molecule has 1 heterocycles. The van der Waals surface area contributed by atoms with Crippen molar-refractivity contribution in [2.75, 3.05) is 6.54 Å². The van der Waals surface area contributed by atoms with Crippen LogP contribution in [0.5, 0.6) is 0 Å². The summed E-state index contributed by atoms with van der Waals surface area (Å²) in [5, 5.41) is 0. The molecule has 0 saturated carbocycles. The largest absolute Gasteiger partial charge is 0.338 e. The van der Waals surface area contributed by atoms with Gasteiger partial charge in [-0.3, -0.25) is 4.79 Å². The first-order valence-corrected chi connectivity index (χ1v) is 6.67. The first-order chi connectivity index (χ1) is 8.15. The predicted molar refractivity (Wildman–Crippen MR) is 68.0 cm³/mol. The van der Waals surface area contributed by atoms with Crippen molar-refractivity contribution in [1.82, 2.24) is 4.90 Å². The highest BCUT2D eigenvalue weighted by Gasteiger charge is 2.16. The van der Waals surface area contributed by atoms with Gasteiger partial charge in [-0.15, -0.1) is 0 Å². The van der Waals surface area contributed by atoms with E-state index in [2.05, 4.69) is 15.9 Å². The fourth-order valence-electron chi connectivity index (χ4n) is 2.13. The molecule has 2 nitrogen and oxygen atoms in total. The summed E-state index contributed by atoms with van der Waals surface area (Å²) in [4.78, 5) is 13.6. The van der Waals surface area contributed by atoms with Crippen LogP contribution in [0.1, 0.15) is 31.2 Å². The van der Waals surface area contributed by atoms with E-state index in [4.69, 9.17) is 0 Å². The van der Waals surface area contributed by atoms with Crippen LogP contribution in [-0.4, -0.2) is 17.4 Å². The number of likely N-dealkylation sites (tertiary alicyclic amines) is 1. The van der Waals surface area contributed by atoms with Crippen molar-refractivity contribution in [3.8, 4) is 0 Å². The molecular weight excluding hydrogens is 285 g/mol. The lowest BCUT2D eigenvalue weighted by Crippen LogP contribution is -2.29. The minimum absolute atomic E-state index is 0.183. The molecule has 0 atom stereocenters. The van der Waals surface area contributed by atoms with E-state index in [1.807, 2.05) is 11.0 Å². The number of carbonyl (C=O) groups excluding carboxylic acids is 1. The van der Waals surface area contributed by atoms with Crippen LogP contribution in [0.4, 0.5) is 4.39 Å². The molecule has 2 rings (SSSR count). The van der Waals surface area contributed by atoms with E-state index < -0.39 is 0 Å². The van der Waals surface area contributed by atoms with Gasteiger partial charge >= 0.3 is 0 Å². The molecule has 1 aromatic rings. The Kier molecular flexibility index (Phi) is 4.15. The van der Waals surface area contributed by atoms with Crippen LogP contribution in [0, 0.1) is 5.82 Å². The van der Waals surface area contributed by atoms with E-state index in [1.54, 1.807) is 0 Å². The van der Waals surface area contributed by atoms with Crippen LogP contribution >= 0.6 is 15.9 Å². The summed E-state index contributed by atoms with van der Waals surface area (Å²) < 4.78 is 13.9. The van der Waals surface area contributed by atoms with Gasteiger partial charge in [0.2, 0.25) is 5.91 Å². The number of rotatable bonds is 2. The average molecular weight is 300 g/mol. The number of hydrogen-bond donors (Lipinski definition) is 0. The molecule has 1 aliphatic rings. The zero-order valence-electron chi connectivity index (χ0n) is 9.59. The van der Waals surface area contributed by atoms with Gasteiger partial charge in [0.05, 0.1) is 0 Å². The number of halogens is 2. The summed E-state index contributed by atoms with van der Waals surface area (Å²) in [7, 11) is 0. The van der Waals surface area contributed by atoms with E-state index in [9.17, 15) is 9.18 Å². The molecule has 17 heavy (non-hydrogen) atoms. The van der Waals surface area contributed by atoms with Crippen LogP contribution in [0.25, 0.3) is 0 Å². The summed E-state index contributed by atoms with van der Waals surface area (Å²) in [5.41, 5.74) is 0.840. The van der Waals surface area contributed by atoms with E-state index in [0.717, 1.165) is 35.8 Å². The normalized spacial score (nSPS) is 17.1. The Morgan fingerprint density at radius 1 is 1.24 bits per heavy atom. The molecule has 4 heteroatoms. The van der Waals surface area contributed by atoms with Gasteiger partial charge in [0.1, 0.15) is 5.82 Å². The third kappa shape index (κ3) is 3.53. The summed E-state index contributed by atoms with van der Waals surface area (Å²) >= 11 is 3.26. The monoisotopic (exact) mass is 299 g/mol. The van der Waals surface area contributed by atoms with Gasteiger partial charge in [-0.1, -0.05) is 22.4 Å². The van der Waals surface area contributed by atoms with Crippen molar-refractivity contribution in [2.24, 2.45) is 0 Å². The lowest BCUT2D eigenvalue weighted by molar-refractivity contribution is -0.131. The molecule has 1 amide bonds. The van der Waals surface area contributed by atoms with Crippen molar-refractivity contribution in [2.45, 2.75) is 32.2 Å². The average Bonchev–Trinajstić information content (AvgIpc) is 2.43. The third-order valence-electron chi connectivity index (χ3n) is 2.97. The SMILES string of the molecule is O=C1CCCCCN1Cc1cc(F)cc(Br)c1. The van der Waals surface area contributed by atoms with Crippen LogP contribution in [0.2, 0.25) is 0 Å². The van der Waals surface area contributed by atoms with Crippen molar-refractivity contribution >= 4 is 21.8 Å². The second-order valence-electron chi connectivity index (χ2n) is 4.40. The number of carbonyl (C=O) groups is 1. The van der Waals surface area contributed by atoms with E-state index >= 15 is 0 Å².